The summed E-state index contributed by atoms with van der Waals surface area (Å²) in [7, 11) is 0. The van der Waals surface area contributed by atoms with Crippen LogP contribution in [0.4, 0.5) is 0 Å². The molecule has 0 nitrogen and oxygen atoms in total. The highest BCUT2D eigenvalue weighted by atomic mass is 13.9. The lowest BCUT2D eigenvalue weighted by Gasteiger charge is -1.94. The molecule has 0 rings (SSSR count). The van der Waals surface area contributed by atoms with Gasteiger partial charge in [-0.15, -0.1) is 0 Å². The van der Waals surface area contributed by atoms with Crippen molar-refractivity contribution in [2.24, 2.45) is 11.8 Å². The Balaban J connectivity index is 4.03. The molecule has 0 bridgehead atoms. The van der Waals surface area contributed by atoms with E-state index >= 15 is 0 Å². The normalized spacial score (nSPS) is 14.2. The Hall–Kier alpha value is -0.780. The Morgan fingerprint density at radius 3 is 1.92 bits per heavy atom. The van der Waals surface area contributed by atoms with Crippen molar-refractivity contribution in [1.29, 1.82) is 0 Å². The first-order valence-corrected chi connectivity index (χ1v) is 5.05. The fraction of sp³-hybridized carbons (Fsp3) is 0.538. The molecule has 0 aromatic rings. The van der Waals surface area contributed by atoms with Gasteiger partial charge in [-0.3, -0.25) is 0 Å². The summed E-state index contributed by atoms with van der Waals surface area (Å²) in [5.41, 5.74) is 1.31. The molecule has 0 N–H and O–H groups in total. The molecule has 0 saturated heterocycles. The summed E-state index contributed by atoms with van der Waals surface area (Å²) in [6, 6.07) is 0. The highest BCUT2D eigenvalue weighted by molar-refractivity contribution is 5.21. The van der Waals surface area contributed by atoms with Crippen molar-refractivity contribution in [1.82, 2.24) is 0 Å². The number of rotatable bonds is 4. The maximum absolute atomic E-state index is 2.22. The van der Waals surface area contributed by atoms with Gasteiger partial charge < -0.3 is 0 Å². The maximum atomic E-state index is 2.22. The molecule has 0 aliphatic carbocycles. The van der Waals surface area contributed by atoms with Crippen LogP contribution in [0, 0.1) is 11.8 Å². The molecular formula is C13H22. The molecule has 0 saturated carbocycles. The van der Waals surface area contributed by atoms with Crippen molar-refractivity contribution in [3.63, 3.8) is 0 Å². The van der Waals surface area contributed by atoms with E-state index in [1.165, 1.54) is 5.57 Å². The van der Waals surface area contributed by atoms with Crippen molar-refractivity contribution in [3.05, 3.63) is 36.0 Å². The number of allylic oxidation sites excluding steroid dienone is 6. The minimum Gasteiger partial charge on any atom is -0.0820 e. The van der Waals surface area contributed by atoms with E-state index in [2.05, 4.69) is 65.0 Å². The number of hydrogen-bond donors (Lipinski definition) is 0. The molecule has 0 aromatic carbocycles. The van der Waals surface area contributed by atoms with Gasteiger partial charge in [-0.05, 0) is 18.8 Å². The first-order valence-electron chi connectivity index (χ1n) is 5.05. The van der Waals surface area contributed by atoms with Crippen LogP contribution in [0.2, 0.25) is 0 Å². The van der Waals surface area contributed by atoms with Crippen LogP contribution in [0.15, 0.2) is 36.0 Å². The Labute approximate surface area is 83.0 Å². The molecule has 0 fully saturated rings. The van der Waals surface area contributed by atoms with Crippen LogP contribution in [0.3, 0.4) is 0 Å². The zero-order chi connectivity index (χ0) is 10.3. The average molecular weight is 178 g/mol. The fourth-order valence-corrected chi connectivity index (χ4v) is 0.829. The molecule has 0 spiro atoms. The molecule has 0 aliphatic rings. The van der Waals surface area contributed by atoms with Gasteiger partial charge in [0.1, 0.15) is 0 Å². The van der Waals surface area contributed by atoms with Crippen LogP contribution in [-0.4, -0.2) is 0 Å². The predicted octanol–water partition coefficient (Wildman–Crippen LogP) is 4.36. The van der Waals surface area contributed by atoms with Crippen LogP contribution >= 0.6 is 0 Å². The standard InChI is InChI=1S/C13H22/c1-11(2)7-6-8-13(5)10-9-12(3)4/h6-12H,1-5H3/b7-6+,10-9+,13-8+. The monoisotopic (exact) mass is 178 g/mol. The molecule has 0 radical (unpaired) electrons. The summed E-state index contributed by atoms with van der Waals surface area (Å²) in [6.45, 7) is 10.9. The molecule has 13 heavy (non-hydrogen) atoms. The zero-order valence-electron chi connectivity index (χ0n) is 9.54. The first kappa shape index (κ1) is 12.2. The Kier molecular flexibility index (Phi) is 6.30. The van der Waals surface area contributed by atoms with Gasteiger partial charge in [0.25, 0.3) is 0 Å². The largest absolute Gasteiger partial charge is 0.0820 e. The van der Waals surface area contributed by atoms with Gasteiger partial charge in [0.15, 0.2) is 0 Å². The summed E-state index contributed by atoms with van der Waals surface area (Å²) in [4.78, 5) is 0. The van der Waals surface area contributed by atoms with Crippen molar-refractivity contribution in [3.8, 4) is 0 Å². The SMILES string of the molecule is CC(/C=C/C(C)C)=C\C=C\C(C)C. The zero-order valence-corrected chi connectivity index (χ0v) is 9.54. The second kappa shape index (κ2) is 6.71. The molecule has 0 heterocycles. The van der Waals surface area contributed by atoms with E-state index < -0.39 is 0 Å². The highest BCUT2D eigenvalue weighted by Crippen LogP contribution is 2.02. The van der Waals surface area contributed by atoms with E-state index in [-0.39, 0.29) is 0 Å². The number of hydrogen-bond acceptors (Lipinski definition) is 0. The average Bonchev–Trinajstić information content (AvgIpc) is 2.00. The van der Waals surface area contributed by atoms with E-state index in [4.69, 9.17) is 0 Å². The van der Waals surface area contributed by atoms with Gasteiger partial charge in [-0.1, -0.05) is 63.6 Å². The Morgan fingerprint density at radius 2 is 1.46 bits per heavy atom. The van der Waals surface area contributed by atoms with Gasteiger partial charge in [0.2, 0.25) is 0 Å². The molecule has 0 heteroatoms. The summed E-state index contributed by atoms with van der Waals surface area (Å²) in [6.07, 6.45) is 10.9. The Bertz CT molecular complexity index is 202. The van der Waals surface area contributed by atoms with Gasteiger partial charge in [-0.2, -0.15) is 0 Å². The molecular weight excluding hydrogens is 156 g/mol. The minimum absolute atomic E-state index is 0.637. The lowest BCUT2D eigenvalue weighted by Crippen LogP contribution is -1.78. The van der Waals surface area contributed by atoms with Crippen LogP contribution in [0.5, 0.6) is 0 Å². The summed E-state index contributed by atoms with van der Waals surface area (Å²) >= 11 is 0. The smallest absolute Gasteiger partial charge is 0.0287 e. The van der Waals surface area contributed by atoms with Gasteiger partial charge in [-0.25, -0.2) is 0 Å². The molecule has 0 aromatic heterocycles. The van der Waals surface area contributed by atoms with Crippen molar-refractivity contribution < 1.29 is 0 Å². The van der Waals surface area contributed by atoms with E-state index in [1.807, 2.05) is 0 Å². The van der Waals surface area contributed by atoms with Gasteiger partial charge in [0, 0.05) is 0 Å². The van der Waals surface area contributed by atoms with E-state index in [0.717, 1.165) is 0 Å². The van der Waals surface area contributed by atoms with Crippen LogP contribution in [0.1, 0.15) is 34.6 Å². The first-order chi connectivity index (χ1) is 6.02. The second-order valence-electron chi connectivity index (χ2n) is 4.14. The van der Waals surface area contributed by atoms with E-state index in [1.54, 1.807) is 0 Å². The van der Waals surface area contributed by atoms with E-state index in [9.17, 15) is 0 Å². The summed E-state index contributed by atoms with van der Waals surface area (Å²) in [5.74, 6) is 1.27. The Morgan fingerprint density at radius 1 is 0.923 bits per heavy atom. The second-order valence-corrected chi connectivity index (χ2v) is 4.14. The molecule has 74 valence electrons. The van der Waals surface area contributed by atoms with Crippen LogP contribution in [-0.2, 0) is 0 Å². The minimum atomic E-state index is 0.637. The third-order valence-corrected chi connectivity index (χ3v) is 1.60. The van der Waals surface area contributed by atoms with Gasteiger partial charge >= 0.3 is 0 Å². The molecule has 0 amide bonds. The molecule has 0 unspecified atom stereocenters. The summed E-state index contributed by atoms with van der Waals surface area (Å²) < 4.78 is 0. The predicted molar refractivity (Wildman–Crippen MR) is 61.7 cm³/mol. The third-order valence-electron chi connectivity index (χ3n) is 1.60. The van der Waals surface area contributed by atoms with Gasteiger partial charge in [0.05, 0.1) is 0 Å². The van der Waals surface area contributed by atoms with E-state index in [0.29, 0.717) is 11.8 Å². The maximum Gasteiger partial charge on any atom is -0.0287 e. The highest BCUT2D eigenvalue weighted by Gasteiger charge is 1.84. The molecule has 0 aliphatic heterocycles. The van der Waals surface area contributed by atoms with Crippen LogP contribution < -0.4 is 0 Å². The van der Waals surface area contributed by atoms with Crippen molar-refractivity contribution in [2.45, 2.75) is 34.6 Å². The lowest BCUT2D eigenvalue weighted by molar-refractivity contribution is 0.830. The van der Waals surface area contributed by atoms with Crippen LogP contribution in [0.25, 0.3) is 0 Å². The lowest BCUT2D eigenvalue weighted by atomic mass is 10.1. The third kappa shape index (κ3) is 9.13. The topological polar surface area (TPSA) is 0 Å². The molecule has 0 atom stereocenters. The quantitative estimate of drug-likeness (QED) is 0.561. The van der Waals surface area contributed by atoms with Crippen molar-refractivity contribution in [2.75, 3.05) is 0 Å². The summed E-state index contributed by atoms with van der Waals surface area (Å²) in [5, 5.41) is 0. The fourth-order valence-electron chi connectivity index (χ4n) is 0.829. The van der Waals surface area contributed by atoms with Crippen molar-refractivity contribution >= 4 is 0 Å².